The number of hydrogen-bond acceptors (Lipinski definition) is 3. The van der Waals surface area contributed by atoms with Crippen LogP contribution >= 0.6 is 0 Å². The third-order valence-electron chi connectivity index (χ3n) is 4.70. The zero-order chi connectivity index (χ0) is 15.5. The molecule has 2 fully saturated rings. The van der Waals surface area contributed by atoms with Gasteiger partial charge in [-0.3, -0.25) is 9.59 Å². The predicted octanol–water partition coefficient (Wildman–Crippen LogP) is 2.27. The normalized spacial score (nSPS) is 24.8. The van der Waals surface area contributed by atoms with Crippen molar-refractivity contribution in [3.05, 3.63) is 24.3 Å². The van der Waals surface area contributed by atoms with Gasteiger partial charge in [-0.15, -0.1) is 0 Å². The number of hydrogen-bond donors (Lipinski definition) is 2. The quantitative estimate of drug-likeness (QED) is 0.895. The van der Waals surface area contributed by atoms with Gasteiger partial charge in [-0.2, -0.15) is 0 Å². The first-order valence-corrected chi connectivity index (χ1v) is 8.09. The van der Waals surface area contributed by atoms with Crippen molar-refractivity contribution < 1.29 is 9.59 Å². The maximum atomic E-state index is 12.1. The second-order valence-electron chi connectivity index (χ2n) is 6.30. The van der Waals surface area contributed by atoms with Crippen LogP contribution in [0.4, 0.5) is 11.4 Å². The highest BCUT2D eigenvalue weighted by Gasteiger charge is 2.26. The van der Waals surface area contributed by atoms with Gasteiger partial charge in [0, 0.05) is 36.8 Å². The molecule has 1 aromatic rings. The van der Waals surface area contributed by atoms with Gasteiger partial charge < -0.3 is 16.0 Å². The highest BCUT2D eigenvalue weighted by atomic mass is 16.2. The van der Waals surface area contributed by atoms with Crippen molar-refractivity contribution in [3.63, 3.8) is 0 Å². The minimum Gasteiger partial charge on any atom is -0.327 e. The van der Waals surface area contributed by atoms with E-state index in [0.717, 1.165) is 43.6 Å². The molecule has 1 saturated carbocycles. The standard InChI is InChI=1S/C17H23N3O2/c18-15-4-1-3-12(15)11-16(21)19-13-6-8-14(9-7-13)20-10-2-5-17(20)22/h6-9,12,15H,1-5,10-11,18H2,(H,19,21)/t12-,15+/m0/s1. The molecule has 22 heavy (non-hydrogen) atoms. The van der Waals surface area contributed by atoms with E-state index in [2.05, 4.69) is 5.32 Å². The number of nitrogens with zero attached hydrogens (tertiary/aromatic N) is 1. The summed E-state index contributed by atoms with van der Waals surface area (Å²) in [6, 6.07) is 7.65. The van der Waals surface area contributed by atoms with Crippen molar-refractivity contribution in [3.8, 4) is 0 Å². The van der Waals surface area contributed by atoms with Gasteiger partial charge in [0.25, 0.3) is 0 Å². The predicted molar refractivity (Wildman–Crippen MR) is 86.6 cm³/mol. The van der Waals surface area contributed by atoms with Crippen molar-refractivity contribution in [2.24, 2.45) is 11.7 Å². The molecule has 2 amide bonds. The minimum absolute atomic E-state index is 0.0207. The number of carbonyl (C=O) groups excluding carboxylic acids is 2. The molecule has 0 unspecified atom stereocenters. The molecule has 0 radical (unpaired) electrons. The molecule has 2 atom stereocenters. The third-order valence-corrected chi connectivity index (χ3v) is 4.70. The van der Waals surface area contributed by atoms with Crippen LogP contribution in [0.3, 0.4) is 0 Å². The summed E-state index contributed by atoms with van der Waals surface area (Å²) in [6.07, 6.45) is 5.23. The van der Waals surface area contributed by atoms with Crippen LogP contribution in [0.15, 0.2) is 24.3 Å². The first-order valence-electron chi connectivity index (χ1n) is 8.09. The summed E-state index contributed by atoms with van der Waals surface area (Å²) in [5, 5.41) is 2.92. The Labute approximate surface area is 130 Å². The Morgan fingerprint density at radius 3 is 2.59 bits per heavy atom. The SMILES string of the molecule is N[C@@H]1CCC[C@H]1CC(=O)Nc1ccc(N2CCCC2=O)cc1. The minimum atomic E-state index is 0.0207. The Bertz CT molecular complexity index is 556. The molecule has 1 saturated heterocycles. The third kappa shape index (κ3) is 3.30. The average Bonchev–Trinajstić information content (AvgIpc) is 3.09. The summed E-state index contributed by atoms with van der Waals surface area (Å²) < 4.78 is 0. The lowest BCUT2D eigenvalue weighted by Gasteiger charge is -2.17. The molecule has 1 aliphatic heterocycles. The summed E-state index contributed by atoms with van der Waals surface area (Å²) in [5.41, 5.74) is 7.68. The van der Waals surface area contributed by atoms with Crippen molar-refractivity contribution in [1.82, 2.24) is 0 Å². The molecular formula is C17H23N3O2. The number of anilines is 2. The van der Waals surface area contributed by atoms with Gasteiger partial charge in [0.15, 0.2) is 0 Å². The summed E-state index contributed by atoms with van der Waals surface area (Å²) in [4.78, 5) is 25.6. The molecule has 5 nitrogen and oxygen atoms in total. The average molecular weight is 301 g/mol. The number of nitrogens with two attached hydrogens (primary N) is 1. The van der Waals surface area contributed by atoms with Gasteiger partial charge in [-0.05, 0) is 49.4 Å². The fourth-order valence-corrected chi connectivity index (χ4v) is 3.41. The highest BCUT2D eigenvalue weighted by molar-refractivity contribution is 5.96. The molecule has 3 N–H and O–H groups in total. The molecule has 3 rings (SSSR count). The van der Waals surface area contributed by atoms with Crippen molar-refractivity contribution in [1.29, 1.82) is 0 Å². The van der Waals surface area contributed by atoms with Crippen LogP contribution in [-0.2, 0) is 9.59 Å². The van der Waals surface area contributed by atoms with Crippen LogP contribution in [0, 0.1) is 5.92 Å². The van der Waals surface area contributed by atoms with Gasteiger partial charge in [-0.1, -0.05) is 6.42 Å². The summed E-state index contributed by atoms with van der Waals surface area (Å²) >= 11 is 0. The van der Waals surface area contributed by atoms with Crippen LogP contribution in [0.25, 0.3) is 0 Å². The number of benzene rings is 1. The molecule has 5 heteroatoms. The lowest BCUT2D eigenvalue weighted by atomic mass is 10.00. The Hall–Kier alpha value is -1.88. The van der Waals surface area contributed by atoms with Gasteiger partial charge >= 0.3 is 0 Å². The van der Waals surface area contributed by atoms with Crippen LogP contribution < -0.4 is 16.0 Å². The zero-order valence-electron chi connectivity index (χ0n) is 12.8. The maximum absolute atomic E-state index is 12.1. The van der Waals surface area contributed by atoms with Crippen LogP contribution in [0.5, 0.6) is 0 Å². The number of rotatable bonds is 4. The molecular weight excluding hydrogens is 278 g/mol. The van der Waals surface area contributed by atoms with E-state index in [9.17, 15) is 9.59 Å². The van der Waals surface area contributed by atoms with E-state index < -0.39 is 0 Å². The fourth-order valence-electron chi connectivity index (χ4n) is 3.41. The Morgan fingerprint density at radius 2 is 2.00 bits per heavy atom. The monoisotopic (exact) mass is 301 g/mol. The Balaban J connectivity index is 1.56. The van der Waals surface area contributed by atoms with Gasteiger partial charge in [-0.25, -0.2) is 0 Å². The van der Waals surface area contributed by atoms with E-state index in [4.69, 9.17) is 5.73 Å². The van der Waals surface area contributed by atoms with E-state index >= 15 is 0 Å². The maximum Gasteiger partial charge on any atom is 0.227 e. The van der Waals surface area contributed by atoms with Crippen LogP contribution in [0.2, 0.25) is 0 Å². The largest absolute Gasteiger partial charge is 0.327 e. The van der Waals surface area contributed by atoms with Gasteiger partial charge in [0.1, 0.15) is 0 Å². The van der Waals surface area contributed by atoms with Gasteiger partial charge in [0.2, 0.25) is 11.8 Å². The van der Waals surface area contributed by atoms with E-state index in [1.165, 1.54) is 0 Å². The van der Waals surface area contributed by atoms with Crippen molar-refractivity contribution in [2.45, 2.75) is 44.6 Å². The van der Waals surface area contributed by atoms with E-state index in [1.807, 2.05) is 24.3 Å². The van der Waals surface area contributed by atoms with E-state index in [-0.39, 0.29) is 17.9 Å². The molecule has 1 heterocycles. The number of nitrogens with one attached hydrogen (secondary N) is 1. The fraction of sp³-hybridized carbons (Fsp3) is 0.529. The molecule has 2 aliphatic rings. The Morgan fingerprint density at radius 1 is 1.23 bits per heavy atom. The lowest BCUT2D eigenvalue weighted by Crippen LogP contribution is -2.28. The van der Waals surface area contributed by atoms with Crippen LogP contribution in [0.1, 0.15) is 38.5 Å². The molecule has 1 aliphatic carbocycles. The number of carbonyl (C=O) groups is 2. The van der Waals surface area contributed by atoms with Crippen molar-refractivity contribution >= 4 is 23.2 Å². The first-order chi connectivity index (χ1) is 10.6. The Kier molecular flexibility index (Phi) is 4.43. The lowest BCUT2D eigenvalue weighted by molar-refractivity contribution is -0.117. The molecule has 0 spiro atoms. The van der Waals surface area contributed by atoms with Crippen LogP contribution in [-0.4, -0.2) is 24.4 Å². The smallest absolute Gasteiger partial charge is 0.227 e. The zero-order valence-corrected chi connectivity index (χ0v) is 12.8. The highest BCUT2D eigenvalue weighted by Crippen LogP contribution is 2.27. The first kappa shape index (κ1) is 15.0. The van der Waals surface area contributed by atoms with E-state index in [0.29, 0.717) is 18.8 Å². The summed E-state index contributed by atoms with van der Waals surface area (Å²) in [7, 11) is 0. The number of amides is 2. The molecule has 0 bridgehead atoms. The van der Waals surface area contributed by atoms with Gasteiger partial charge in [0.05, 0.1) is 0 Å². The molecule has 1 aromatic carbocycles. The summed E-state index contributed by atoms with van der Waals surface area (Å²) in [5.74, 6) is 0.501. The van der Waals surface area contributed by atoms with Crippen molar-refractivity contribution in [2.75, 3.05) is 16.8 Å². The topological polar surface area (TPSA) is 75.4 Å². The van der Waals surface area contributed by atoms with E-state index in [1.54, 1.807) is 4.90 Å². The summed E-state index contributed by atoms with van der Waals surface area (Å²) in [6.45, 7) is 0.782. The molecule has 118 valence electrons. The second-order valence-corrected chi connectivity index (χ2v) is 6.30. The second kappa shape index (κ2) is 6.48. The molecule has 0 aromatic heterocycles.